The van der Waals surface area contributed by atoms with E-state index < -0.39 is 6.09 Å². The van der Waals surface area contributed by atoms with Gasteiger partial charge in [-0.15, -0.1) is 10.2 Å². The van der Waals surface area contributed by atoms with E-state index in [0.29, 0.717) is 5.89 Å². The van der Waals surface area contributed by atoms with Crippen molar-refractivity contribution in [2.75, 3.05) is 0 Å². The first kappa shape index (κ1) is 11.2. The van der Waals surface area contributed by atoms with Gasteiger partial charge in [0.25, 0.3) is 0 Å². The lowest BCUT2D eigenvalue weighted by Gasteiger charge is -1.97. The number of nitrogens with one attached hydrogen (secondary N) is 2. The normalized spacial score (nSPS) is 10.7. The van der Waals surface area contributed by atoms with Crippen LogP contribution in [0, 0.1) is 0 Å². The molecule has 3 aromatic rings. The van der Waals surface area contributed by atoms with Gasteiger partial charge in [0.05, 0.1) is 12.1 Å². The van der Waals surface area contributed by atoms with Gasteiger partial charge in [-0.2, -0.15) is 0 Å². The van der Waals surface area contributed by atoms with E-state index in [2.05, 4.69) is 25.5 Å². The maximum absolute atomic E-state index is 10.4. The van der Waals surface area contributed by atoms with Crippen LogP contribution in [0.1, 0.15) is 5.89 Å². The number of amides is 1. The number of carboxylic acid groups (broad SMARTS) is 1. The first-order valence-corrected chi connectivity index (χ1v) is 5.45. The Morgan fingerprint density at radius 2 is 2.32 bits per heavy atom. The van der Waals surface area contributed by atoms with Crippen LogP contribution in [0.15, 0.2) is 28.9 Å². The van der Waals surface area contributed by atoms with Gasteiger partial charge in [0.1, 0.15) is 5.65 Å². The van der Waals surface area contributed by atoms with E-state index in [4.69, 9.17) is 9.52 Å². The highest BCUT2D eigenvalue weighted by atomic mass is 16.4. The molecule has 3 N–H and O–H groups in total. The molecule has 0 saturated carbocycles. The zero-order valence-electron chi connectivity index (χ0n) is 9.62. The number of carbonyl (C=O) groups is 1. The summed E-state index contributed by atoms with van der Waals surface area (Å²) in [7, 11) is 0. The zero-order valence-corrected chi connectivity index (χ0v) is 9.62. The Balaban J connectivity index is 1.94. The van der Waals surface area contributed by atoms with E-state index in [9.17, 15) is 4.79 Å². The largest absolute Gasteiger partial charge is 0.465 e. The molecule has 0 fully saturated rings. The van der Waals surface area contributed by atoms with Gasteiger partial charge >= 0.3 is 6.09 Å². The van der Waals surface area contributed by atoms with Crippen LogP contribution in [0.3, 0.4) is 0 Å². The summed E-state index contributed by atoms with van der Waals surface area (Å²) < 4.78 is 5.41. The number of H-pyrrole nitrogens is 1. The van der Waals surface area contributed by atoms with Crippen LogP contribution < -0.4 is 5.32 Å². The lowest BCUT2D eigenvalue weighted by Crippen LogP contribution is -2.20. The summed E-state index contributed by atoms with van der Waals surface area (Å²) in [5.41, 5.74) is 1.47. The highest BCUT2D eigenvalue weighted by molar-refractivity contribution is 5.90. The fourth-order valence-corrected chi connectivity index (χ4v) is 1.73. The number of hydrogen-bond acceptors (Lipinski definition) is 5. The fraction of sp³-hybridized carbons (Fsp3) is 0.0909. The molecule has 3 aromatic heterocycles. The molecule has 8 heteroatoms. The third-order valence-corrected chi connectivity index (χ3v) is 2.55. The van der Waals surface area contributed by atoms with Crippen molar-refractivity contribution in [1.82, 2.24) is 25.5 Å². The SMILES string of the molecule is O=C(O)NCc1nnc(-c2ccnc3[nH]ccc23)o1. The Kier molecular flexibility index (Phi) is 2.60. The van der Waals surface area contributed by atoms with Crippen molar-refractivity contribution in [1.29, 1.82) is 0 Å². The number of aromatic nitrogens is 4. The second-order valence-corrected chi connectivity index (χ2v) is 3.76. The second-order valence-electron chi connectivity index (χ2n) is 3.76. The third-order valence-electron chi connectivity index (χ3n) is 2.55. The van der Waals surface area contributed by atoms with E-state index in [-0.39, 0.29) is 12.4 Å². The summed E-state index contributed by atoms with van der Waals surface area (Å²) in [6.07, 6.45) is 2.26. The molecule has 0 atom stereocenters. The van der Waals surface area contributed by atoms with Crippen LogP contribution in [0.2, 0.25) is 0 Å². The van der Waals surface area contributed by atoms with Gasteiger partial charge in [0.15, 0.2) is 0 Å². The molecule has 0 spiro atoms. The Labute approximate surface area is 106 Å². The maximum Gasteiger partial charge on any atom is 0.405 e. The van der Waals surface area contributed by atoms with Crippen LogP contribution >= 0.6 is 0 Å². The van der Waals surface area contributed by atoms with Crippen LogP contribution in [-0.4, -0.2) is 31.4 Å². The minimum Gasteiger partial charge on any atom is -0.465 e. The highest BCUT2D eigenvalue weighted by Gasteiger charge is 2.12. The average Bonchev–Trinajstić information content (AvgIpc) is 3.04. The summed E-state index contributed by atoms with van der Waals surface area (Å²) in [6.45, 7) is -0.0241. The predicted molar refractivity (Wildman–Crippen MR) is 64.3 cm³/mol. The molecule has 0 aliphatic rings. The lowest BCUT2D eigenvalue weighted by atomic mass is 10.2. The first-order chi connectivity index (χ1) is 9.24. The number of pyridine rings is 1. The standard InChI is InChI=1S/C11H9N5O3/c17-11(18)14-5-8-15-16-10(19-8)7-2-4-13-9-6(7)1-3-12-9/h1-4,14H,5H2,(H,12,13)(H,17,18). The Bertz CT molecular complexity index is 733. The monoisotopic (exact) mass is 259 g/mol. The number of rotatable bonds is 3. The summed E-state index contributed by atoms with van der Waals surface area (Å²) in [5, 5.41) is 19.2. The van der Waals surface area contributed by atoms with Gasteiger partial charge in [0, 0.05) is 17.8 Å². The molecule has 0 radical (unpaired) electrons. The van der Waals surface area contributed by atoms with Crippen LogP contribution in [0.4, 0.5) is 4.79 Å². The van der Waals surface area contributed by atoms with E-state index in [1.807, 2.05) is 6.07 Å². The van der Waals surface area contributed by atoms with Gasteiger partial charge in [0.2, 0.25) is 11.8 Å². The Morgan fingerprint density at radius 3 is 3.16 bits per heavy atom. The molecule has 0 aliphatic heterocycles. The minimum absolute atomic E-state index is 0.0241. The number of aromatic amines is 1. The van der Waals surface area contributed by atoms with E-state index in [1.54, 1.807) is 18.5 Å². The molecule has 8 nitrogen and oxygen atoms in total. The molecule has 0 aromatic carbocycles. The van der Waals surface area contributed by atoms with Gasteiger partial charge < -0.3 is 19.8 Å². The average molecular weight is 259 g/mol. The van der Waals surface area contributed by atoms with Crippen molar-refractivity contribution in [2.45, 2.75) is 6.54 Å². The molecule has 0 aliphatic carbocycles. The van der Waals surface area contributed by atoms with E-state index >= 15 is 0 Å². The molecular formula is C11H9N5O3. The predicted octanol–water partition coefficient (Wildman–Crippen LogP) is 1.38. The maximum atomic E-state index is 10.4. The minimum atomic E-state index is -1.14. The molecule has 0 bridgehead atoms. The Hall–Kier alpha value is -2.90. The molecule has 1 amide bonds. The zero-order chi connectivity index (χ0) is 13.2. The fourth-order valence-electron chi connectivity index (χ4n) is 1.73. The van der Waals surface area contributed by atoms with Crippen molar-refractivity contribution >= 4 is 17.1 Å². The van der Waals surface area contributed by atoms with Crippen molar-refractivity contribution in [3.05, 3.63) is 30.4 Å². The number of hydrogen-bond donors (Lipinski definition) is 3. The van der Waals surface area contributed by atoms with Crippen molar-refractivity contribution < 1.29 is 14.3 Å². The van der Waals surface area contributed by atoms with E-state index in [0.717, 1.165) is 16.6 Å². The summed E-state index contributed by atoms with van der Waals surface area (Å²) in [4.78, 5) is 17.5. The highest BCUT2D eigenvalue weighted by Crippen LogP contribution is 2.25. The topological polar surface area (TPSA) is 117 Å². The van der Waals surface area contributed by atoms with Crippen LogP contribution in [0.5, 0.6) is 0 Å². The quantitative estimate of drug-likeness (QED) is 0.654. The lowest BCUT2D eigenvalue weighted by molar-refractivity contribution is 0.192. The van der Waals surface area contributed by atoms with E-state index in [1.165, 1.54) is 0 Å². The van der Waals surface area contributed by atoms with Crippen LogP contribution in [-0.2, 0) is 6.54 Å². The van der Waals surface area contributed by atoms with Gasteiger partial charge in [-0.25, -0.2) is 9.78 Å². The van der Waals surface area contributed by atoms with Gasteiger partial charge in [-0.05, 0) is 12.1 Å². The van der Waals surface area contributed by atoms with Crippen LogP contribution in [0.25, 0.3) is 22.5 Å². The summed E-state index contributed by atoms with van der Waals surface area (Å²) >= 11 is 0. The van der Waals surface area contributed by atoms with Crippen molar-refractivity contribution in [3.63, 3.8) is 0 Å². The van der Waals surface area contributed by atoms with Crippen molar-refractivity contribution in [2.24, 2.45) is 0 Å². The Morgan fingerprint density at radius 1 is 1.42 bits per heavy atom. The number of fused-ring (bicyclic) bond motifs is 1. The third kappa shape index (κ3) is 2.10. The summed E-state index contributed by atoms with van der Waals surface area (Å²) in [5.74, 6) is 0.534. The molecule has 0 unspecified atom stereocenters. The second kappa shape index (κ2) is 4.41. The van der Waals surface area contributed by atoms with Crippen molar-refractivity contribution in [3.8, 4) is 11.5 Å². The van der Waals surface area contributed by atoms with Gasteiger partial charge in [-0.1, -0.05) is 0 Å². The smallest absolute Gasteiger partial charge is 0.405 e. The molecule has 3 rings (SSSR count). The summed E-state index contributed by atoms with van der Waals surface area (Å²) in [6, 6.07) is 3.62. The molecule has 3 heterocycles. The molecular weight excluding hydrogens is 250 g/mol. The molecule has 19 heavy (non-hydrogen) atoms. The number of nitrogens with zero attached hydrogens (tertiary/aromatic N) is 3. The van der Waals surface area contributed by atoms with Gasteiger partial charge in [-0.3, -0.25) is 0 Å². The molecule has 96 valence electrons. The first-order valence-electron chi connectivity index (χ1n) is 5.45. The molecule has 0 saturated heterocycles.